The predicted molar refractivity (Wildman–Crippen MR) is 58.4 cm³/mol. The summed E-state index contributed by atoms with van der Waals surface area (Å²) in [5.74, 6) is 0.660. The van der Waals surface area contributed by atoms with Crippen LogP contribution >= 0.6 is 0 Å². The molecule has 1 heterocycles. The summed E-state index contributed by atoms with van der Waals surface area (Å²) in [6.45, 7) is 1.86. The number of hydrogen-bond donors (Lipinski definition) is 1. The molecule has 0 aliphatic carbocycles. The van der Waals surface area contributed by atoms with Crippen molar-refractivity contribution in [2.45, 2.75) is 31.9 Å². The first-order valence-corrected chi connectivity index (χ1v) is 5.93. The Morgan fingerprint density at radius 3 is 2.69 bits per heavy atom. The summed E-state index contributed by atoms with van der Waals surface area (Å²) in [6, 6.07) is 0. The van der Waals surface area contributed by atoms with Crippen LogP contribution in [0.3, 0.4) is 0 Å². The van der Waals surface area contributed by atoms with Gasteiger partial charge in [0.15, 0.2) is 0 Å². The van der Waals surface area contributed by atoms with Gasteiger partial charge < -0.3 is 5.32 Å². The molecule has 1 aliphatic heterocycles. The topological polar surface area (TPSA) is 15.3 Å². The van der Waals surface area contributed by atoms with Crippen molar-refractivity contribution in [3.63, 3.8) is 0 Å². The fourth-order valence-electron chi connectivity index (χ4n) is 2.21. The molecule has 0 radical (unpaired) electrons. The van der Waals surface area contributed by atoms with Gasteiger partial charge in [-0.15, -0.1) is 0 Å². The van der Waals surface area contributed by atoms with Gasteiger partial charge in [0.1, 0.15) is 0 Å². The second-order valence-electron chi connectivity index (χ2n) is 4.71. The van der Waals surface area contributed by atoms with E-state index in [2.05, 4.69) is 5.32 Å². The van der Waals surface area contributed by atoms with Gasteiger partial charge in [0, 0.05) is 0 Å². The van der Waals surface area contributed by atoms with E-state index in [4.69, 9.17) is 0 Å². The van der Waals surface area contributed by atoms with E-state index in [1.165, 1.54) is 24.8 Å². The fourth-order valence-corrected chi connectivity index (χ4v) is 2.21. The van der Waals surface area contributed by atoms with Crippen molar-refractivity contribution >= 4 is 0 Å². The van der Waals surface area contributed by atoms with E-state index in [9.17, 15) is 13.2 Å². The minimum absolute atomic E-state index is 0.538. The Morgan fingerprint density at radius 2 is 2.12 bits per heavy atom. The van der Waals surface area contributed by atoms with E-state index in [1.807, 2.05) is 0 Å². The summed E-state index contributed by atoms with van der Waals surface area (Å²) < 4.78 is 36.1. The molecule has 16 heavy (non-hydrogen) atoms. The van der Waals surface area contributed by atoms with Gasteiger partial charge in [-0.3, -0.25) is 4.90 Å². The zero-order valence-corrected chi connectivity index (χ0v) is 9.82. The molecule has 0 saturated carbocycles. The van der Waals surface area contributed by atoms with Crippen LogP contribution in [0.25, 0.3) is 0 Å². The summed E-state index contributed by atoms with van der Waals surface area (Å²) in [4.78, 5) is 1.36. The summed E-state index contributed by atoms with van der Waals surface area (Å²) in [5, 5.41) is 3.32. The van der Waals surface area contributed by atoms with Crippen LogP contribution < -0.4 is 5.32 Å². The lowest BCUT2D eigenvalue weighted by Crippen LogP contribution is -2.33. The highest BCUT2D eigenvalue weighted by molar-refractivity contribution is 4.69. The second kappa shape index (κ2) is 6.45. The van der Waals surface area contributed by atoms with Gasteiger partial charge in [-0.05, 0) is 58.3 Å². The smallest absolute Gasteiger partial charge is 0.316 e. The lowest BCUT2D eigenvalue weighted by atomic mass is 9.95. The fraction of sp³-hybridized carbons (Fsp3) is 1.00. The number of hydrogen-bond acceptors (Lipinski definition) is 2. The largest absolute Gasteiger partial charge is 0.401 e. The molecule has 5 heteroatoms. The molecule has 0 aromatic rings. The van der Waals surface area contributed by atoms with E-state index >= 15 is 0 Å². The van der Waals surface area contributed by atoms with Crippen molar-refractivity contribution in [1.29, 1.82) is 0 Å². The van der Waals surface area contributed by atoms with Crippen LogP contribution in [0.2, 0.25) is 0 Å². The molecule has 1 unspecified atom stereocenters. The Bertz CT molecular complexity index is 188. The van der Waals surface area contributed by atoms with Crippen molar-refractivity contribution < 1.29 is 13.2 Å². The Labute approximate surface area is 95.2 Å². The van der Waals surface area contributed by atoms with Crippen molar-refractivity contribution in [2.24, 2.45) is 5.92 Å². The Balaban J connectivity index is 2.05. The molecular formula is C11H21F3N2. The van der Waals surface area contributed by atoms with Gasteiger partial charge in [0.2, 0.25) is 0 Å². The van der Waals surface area contributed by atoms with Crippen LogP contribution in [-0.2, 0) is 0 Å². The zero-order valence-electron chi connectivity index (χ0n) is 9.82. The van der Waals surface area contributed by atoms with Crippen molar-refractivity contribution in [3.05, 3.63) is 0 Å². The number of nitrogens with one attached hydrogen (secondary N) is 1. The summed E-state index contributed by atoms with van der Waals surface area (Å²) in [6.07, 6.45) is 0.244. The molecule has 1 saturated heterocycles. The van der Waals surface area contributed by atoms with Gasteiger partial charge in [-0.1, -0.05) is 0 Å². The Morgan fingerprint density at radius 1 is 1.38 bits per heavy atom. The molecule has 1 fully saturated rings. The average molecular weight is 238 g/mol. The molecule has 0 bridgehead atoms. The van der Waals surface area contributed by atoms with Crippen molar-refractivity contribution in [2.75, 3.05) is 33.2 Å². The third-order valence-electron chi connectivity index (χ3n) is 3.00. The van der Waals surface area contributed by atoms with Gasteiger partial charge in [0.25, 0.3) is 0 Å². The number of halogens is 3. The number of alkyl halides is 3. The maximum Gasteiger partial charge on any atom is 0.401 e. The van der Waals surface area contributed by atoms with Gasteiger partial charge in [-0.2, -0.15) is 13.2 Å². The van der Waals surface area contributed by atoms with Crippen LogP contribution in [0.15, 0.2) is 0 Å². The van der Waals surface area contributed by atoms with Crippen LogP contribution in [0.4, 0.5) is 13.2 Å². The first-order chi connectivity index (χ1) is 7.47. The predicted octanol–water partition coefficient (Wildman–Crippen LogP) is 2.26. The van der Waals surface area contributed by atoms with E-state index in [-0.39, 0.29) is 0 Å². The van der Waals surface area contributed by atoms with E-state index < -0.39 is 12.7 Å². The van der Waals surface area contributed by atoms with Crippen molar-refractivity contribution in [3.8, 4) is 0 Å². The molecule has 2 nitrogen and oxygen atoms in total. The van der Waals surface area contributed by atoms with Crippen molar-refractivity contribution in [1.82, 2.24) is 10.2 Å². The highest BCUT2D eigenvalue weighted by Crippen LogP contribution is 2.18. The lowest BCUT2D eigenvalue weighted by Gasteiger charge is -2.24. The highest BCUT2D eigenvalue weighted by atomic mass is 19.4. The Kier molecular flexibility index (Phi) is 5.55. The summed E-state index contributed by atoms with van der Waals surface area (Å²) >= 11 is 0. The molecule has 0 aromatic carbocycles. The second-order valence-corrected chi connectivity index (χ2v) is 4.71. The molecule has 1 atom stereocenters. The maximum atomic E-state index is 12.0. The van der Waals surface area contributed by atoms with Gasteiger partial charge in [0.05, 0.1) is 6.54 Å². The van der Waals surface area contributed by atoms with E-state index in [1.54, 1.807) is 0 Å². The Hall–Kier alpha value is -0.290. The normalized spacial score (nSPS) is 22.7. The van der Waals surface area contributed by atoms with E-state index in [0.29, 0.717) is 12.5 Å². The number of piperidine rings is 1. The van der Waals surface area contributed by atoms with Gasteiger partial charge in [-0.25, -0.2) is 0 Å². The number of nitrogens with zero attached hydrogens (tertiary/aromatic N) is 1. The SMILES string of the molecule is CN(CCCC1CCCNC1)CC(F)(F)F. The van der Waals surface area contributed by atoms with E-state index in [0.717, 1.165) is 25.9 Å². The standard InChI is InChI=1S/C11H21F3N2/c1-16(9-11(12,13)14)7-3-5-10-4-2-6-15-8-10/h10,15H,2-9H2,1H3. The summed E-state index contributed by atoms with van der Waals surface area (Å²) in [7, 11) is 1.53. The third kappa shape index (κ3) is 6.33. The van der Waals surface area contributed by atoms with Crippen LogP contribution in [-0.4, -0.2) is 44.3 Å². The first kappa shape index (κ1) is 13.8. The molecule has 96 valence electrons. The summed E-state index contributed by atoms with van der Waals surface area (Å²) in [5.41, 5.74) is 0. The highest BCUT2D eigenvalue weighted by Gasteiger charge is 2.28. The van der Waals surface area contributed by atoms with Gasteiger partial charge >= 0.3 is 6.18 Å². The average Bonchev–Trinajstić information content (AvgIpc) is 2.16. The third-order valence-corrected chi connectivity index (χ3v) is 3.00. The molecule has 1 rings (SSSR count). The number of rotatable bonds is 5. The van der Waals surface area contributed by atoms with Crippen LogP contribution in [0.5, 0.6) is 0 Å². The zero-order chi connectivity index (χ0) is 12.0. The first-order valence-electron chi connectivity index (χ1n) is 5.93. The molecule has 0 amide bonds. The minimum Gasteiger partial charge on any atom is -0.316 e. The molecular weight excluding hydrogens is 217 g/mol. The molecule has 1 N–H and O–H groups in total. The maximum absolute atomic E-state index is 12.0. The monoisotopic (exact) mass is 238 g/mol. The molecule has 0 spiro atoms. The molecule has 1 aliphatic rings. The van der Waals surface area contributed by atoms with Crippen LogP contribution in [0, 0.1) is 5.92 Å². The quantitative estimate of drug-likeness (QED) is 0.790. The lowest BCUT2D eigenvalue weighted by molar-refractivity contribution is -0.143. The minimum atomic E-state index is -4.07. The van der Waals surface area contributed by atoms with Crippen LogP contribution in [0.1, 0.15) is 25.7 Å². The molecule has 0 aromatic heterocycles.